The first-order chi connectivity index (χ1) is 18.2. The summed E-state index contributed by atoms with van der Waals surface area (Å²) in [5.74, 6) is -0.941. The van der Waals surface area contributed by atoms with Crippen LogP contribution in [0.3, 0.4) is 0 Å². The summed E-state index contributed by atoms with van der Waals surface area (Å²) in [5.41, 5.74) is 0.975. The van der Waals surface area contributed by atoms with Gasteiger partial charge in [-0.2, -0.15) is 0 Å². The van der Waals surface area contributed by atoms with E-state index in [9.17, 15) is 18.0 Å². The summed E-state index contributed by atoms with van der Waals surface area (Å²) in [6, 6.07) is 18.8. The van der Waals surface area contributed by atoms with Gasteiger partial charge in [0.1, 0.15) is 12.6 Å². The van der Waals surface area contributed by atoms with Crippen molar-refractivity contribution in [3.63, 3.8) is 0 Å². The van der Waals surface area contributed by atoms with Gasteiger partial charge in [-0.3, -0.25) is 13.9 Å². The van der Waals surface area contributed by atoms with Crippen LogP contribution >= 0.6 is 23.2 Å². The minimum absolute atomic E-state index is 0.00998. The Hall–Kier alpha value is -3.07. The Morgan fingerprint density at radius 1 is 0.949 bits per heavy atom. The Bertz CT molecular complexity index is 1440. The number of rotatable bonds is 9. The number of nitrogens with one attached hydrogen (secondary N) is 1. The van der Waals surface area contributed by atoms with Crippen molar-refractivity contribution in [3.8, 4) is 0 Å². The third kappa shape index (κ3) is 7.75. The molecule has 0 radical (unpaired) electrons. The molecule has 0 fully saturated rings. The molecule has 3 aromatic rings. The molecule has 0 aliphatic heterocycles. The van der Waals surface area contributed by atoms with Gasteiger partial charge in [-0.05, 0) is 82.1 Å². The van der Waals surface area contributed by atoms with E-state index in [1.54, 1.807) is 74.5 Å². The second-order valence-electron chi connectivity index (χ2n) is 10.3. The molecule has 10 heteroatoms. The predicted octanol–water partition coefficient (Wildman–Crippen LogP) is 5.83. The first kappa shape index (κ1) is 30.5. The summed E-state index contributed by atoms with van der Waals surface area (Å²) in [4.78, 5) is 28.5. The predicted molar refractivity (Wildman–Crippen MR) is 157 cm³/mol. The van der Waals surface area contributed by atoms with Crippen LogP contribution in [0.4, 0.5) is 5.69 Å². The van der Waals surface area contributed by atoms with E-state index in [0.29, 0.717) is 26.9 Å². The van der Waals surface area contributed by atoms with Crippen molar-refractivity contribution in [1.82, 2.24) is 10.2 Å². The highest BCUT2D eigenvalue weighted by molar-refractivity contribution is 7.92. The Labute approximate surface area is 240 Å². The highest BCUT2D eigenvalue weighted by Crippen LogP contribution is 2.29. The molecule has 39 heavy (non-hydrogen) atoms. The lowest BCUT2D eigenvalue weighted by Crippen LogP contribution is -2.54. The first-order valence-corrected chi connectivity index (χ1v) is 14.6. The molecule has 208 valence electrons. The van der Waals surface area contributed by atoms with Gasteiger partial charge < -0.3 is 10.2 Å². The number of carbonyl (C=O) groups excluding carboxylic acids is 2. The zero-order valence-corrected chi connectivity index (χ0v) is 24.9. The summed E-state index contributed by atoms with van der Waals surface area (Å²) < 4.78 is 28.8. The fraction of sp³-hybridized carbons (Fsp3) is 0.310. The number of sulfonamides is 1. The summed E-state index contributed by atoms with van der Waals surface area (Å²) in [6.45, 7) is 8.33. The van der Waals surface area contributed by atoms with E-state index in [1.807, 2.05) is 20.8 Å². The van der Waals surface area contributed by atoms with Crippen molar-refractivity contribution in [3.05, 3.63) is 94.0 Å². The molecular formula is C29H33Cl2N3O4S. The van der Waals surface area contributed by atoms with Crippen LogP contribution in [0, 0.1) is 6.92 Å². The molecule has 0 heterocycles. The van der Waals surface area contributed by atoms with E-state index < -0.39 is 34.1 Å². The number of halogens is 2. The first-order valence-electron chi connectivity index (χ1n) is 12.4. The van der Waals surface area contributed by atoms with Gasteiger partial charge in [0.05, 0.1) is 10.6 Å². The van der Waals surface area contributed by atoms with Crippen LogP contribution < -0.4 is 9.62 Å². The van der Waals surface area contributed by atoms with Gasteiger partial charge in [0.15, 0.2) is 0 Å². The van der Waals surface area contributed by atoms with Gasteiger partial charge in [0.2, 0.25) is 11.8 Å². The van der Waals surface area contributed by atoms with Crippen molar-refractivity contribution in [1.29, 1.82) is 0 Å². The number of nitrogens with zero attached hydrogens (tertiary/aromatic N) is 2. The van der Waals surface area contributed by atoms with Crippen LogP contribution in [-0.4, -0.2) is 43.3 Å². The number of benzene rings is 3. The molecule has 0 saturated carbocycles. The fourth-order valence-electron chi connectivity index (χ4n) is 4.00. The number of amides is 2. The standard InChI is InChI=1S/C29H33Cl2N3O4S/c1-20-17-23(30)15-16-26(20)34(39(37,38)24-12-7-6-8-13-24)19-27(35)33(18-22-11-9-10-14-25(22)31)21(2)28(36)32-29(3,4)5/h6-17,21H,18-19H2,1-5H3,(H,32,36)/t21-/m0/s1. The number of aryl methyl sites for hydroxylation is 1. The molecule has 0 aromatic heterocycles. The Morgan fingerprint density at radius 2 is 1.56 bits per heavy atom. The van der Waals surface area contributed by atoms with E-state index in [-0.39, 0.29) is 17.3 Å². The third-order valence-corrected chi connectivity index (χ3v) is 8.38. The average Bonchev–Trinajstić information content (AvgIpc) is 2.86. The van der Waals surface area contributed by atoms with Crippen LogP contribution in [-0.2, 0) is 26.2 Å². The van der Waals surface area contributed by atoms with Gasteiger partial charge in [0.25, 0.3) is 10.0 Å². The number of hydrogen-bond acceptors (Lipinski definition) is 4. The SMILES string of the molecule is Cc1cc(Cl)ccc1N(CC(=O)N(Cc1ccccc1Cl)[C@@H](C)C(=O)NC(C)(C)C)S(=O)(=O)c1ccccc1. The minimum Gasteiger partial charge on any atom is -0.350 e. The molecule has 1 atom stereocenters. The van der Waals surface area contributed by atoms with E-state index in [0.717, 1.165) is 4.31 Å². The maximum Gasteiger partial charge on any atom is 0.264 e. The molecule has 0 aliphatic rings. The van der Waals surface area contributed by atoms with Crippen LogP contribution in [0.15, 0.2) is 77.7 Å². The monoisotopic (exact) mass is 589 g/mol. The third-order valence-electron chi connectivity index (χ3n) is 6.00. The maximum atomic E-state index is 14.0. The molecule has 0 aliphatic carbocycles. The van der Waals surface area contributed by atoms with E-state index in [1.165, 1.54) is 17.0 Å². The summed E-state index contributed by atoms with van der Waals surface area (Å²) in [7, 11) is -4.16. The number of carbonyl (C=O) groups is 2. The second kappa shape index (κ2) is 12.4. The zero-order valence-electron chi connectivity index (χ0n) is 22.6. The van der Waals surface area contributed by atoms with Crippen LogP contribution in [0.25, 0.3) is 0 Å². The summed E-state index contributed by atoms with van der Waals surface area (Å²) in [6.07, 6.45) is 0. The van der Waals surface area contributed by atoms with Gasteiger partial charge >= 0.3 is 0 Å². The normalized spacial score (nSPS) is 12.5. The van der Waals surface area contributed by atoms with Gasteiger partial charge in [0, 0.05) is 22.1 Å². The highest BCUT2D eigenvalue weighted by atomic mass is 35.5. The molecule has 0 saturated heterocycles. The minimum atomic E-state index is -4.16. The number of hydrogen-bond donors (Lipinski definition) is 1. The van der Waals surface area contributed by atoms with Gasteiger partial charge in [-0.25, -0.2) is 8.42 Å². The topological polar surface area (TPSA) is 86.8 Å². The molecule has 0 spiro atoms. The lowest BCUT2D eigenvalue weighted by molar-refractivity contribution is -0.140. The van der Waals surface area contributed by atoms with E-state index in [2.05, 4.69) is 5.32 Å². The van der Waals surface area contributed by atoms with Crippen LogP contribution in [0.2, 0.25) is 10.0 Å². The van der Waals surface area contributed by atoms with Crippen LogP contribution in [0.1, 0.15) is 38.8 Å². The molecule has 3 rings (SSSR count). The number of anilines is 1. The largest absolute Gasteiger partial charge is 0.350 e. The Kier molecular flexibility index (Phi) is 9.69. The molecule has 2 amide bonds. The van der Waals surface area contributed by atoms with Crippen molar-refractivity contribution < 1.29 is 18.0 Å². The van der Waals surface area contributed by atoms with Gasteiger partial charge in [-0.15, -0.1) is 0 Å². The second-order valence-corrected chi connectivity index (χ2v) is 13.0. The molecule has 0 bridgehead atoms. The fourth-order valence-corrected chi connectivity index (χ4v) is 5.92. The smallest absolute Gasteiger partial charge is 0.264 e. The van der Waals surface area contributed by atoms with Crippen molar-refractivity contribution in [2.45, 2.75) is 57.6 Å². The van der Waals surface area contributed by atoms with Crippen molar-refractivity contribution in [2.75, 3.05) is 10.8 Å². The molecule has 3 aromatic carbocycles. The Balaban J connectivity index is 2.07. The summed E-state index contributed by atoms with van der Waals surface area (Å²) in [5, 5.41) is 3.77. The summed E-state index contributed by atoms with van der Waals surface area (Å²) >= 11 is 12.5. The van der Waals surface area contributed by atoms with Gasteiger partial charge in [-0.1, -0.05) is 59.6 Å². The lowest BCUT2D eigenvalue weighted by Gasteiger charge is -2.34. The zero-order chi connectivity index (χ0) is 29.0. The van der Waals surface area contributed by atoms with E-state index >= 15 is 0 Å². The molecule has 0 unspecified atom stereocenters. The quantitative estimate of drug-likeness (QED) is 0.340. The van der Waals surface area contributed by atoms with Crippen molar-refractivity contribution in [2.24, 2.45) is 0 Å². The Morgan fingerprint density at radius 3 is 2.15 bits per heavy atom. The maximum absolute atomic E-state index is 14.0. The van der Waals surface area contributed by atoms with Crippen molar-refractivity contribution >= 4 is 50.7 Å². The van der Waals surface area contributed by atoms with Crippen LogP contribution in [0.5, 0.6) is 0 Å². The van der Waals surface area contributed by atoms with E-state index in [4.69, 9.17) is 23.2 Å². The average molecular weight is 591 g/mol. The molecular weight excluding hydrogens is 557 g/mol. The molecule has 7 nitrogen and oxygen atoms in total. The lowest BCUT2D eigenvalue weighted by atomic mass is 10.1. The molecule has 1 N–H and O–H groups in total. The highest BCUT2D eigenvalue weighted by Gasteiger charge is 2.34.